The second-order valence-electron chi connectivity index (χ2n) is 6.11. The fourth-order valence-electron chi connectivity index (χ4n) is 3.15. The molecule has 0 saturated heterocycles. The van der Waals surface area contributed by atoms with E-state index in [0.29, 0.717) is 5.56 Å². The van der Waals surface area contributed by atoms with Gasteiger partial charge >= 0.3 is 0 Å². The van der Waals surface area contributed by atoms with Crippen molar-refractivity contribution in [1.29, 1.82) is 0 Å². The Morgan fingerprint density at radius 2 is 1.00 bits per heavy atom. The van der Waals surface area contributed by atoms with Crippen LogP contribution in [0.5, 0.6) is 0 Å². The Kier molecular flexibility index (Phi) is 4.32. The molecular weight excluding hydrogens is 326 g/mol. The van der Waals surface area contributed by atoms with Gasteiger partial charge in [-0.15, -0.1) is 0 Å². The van der Waals surface area contributed by atoms with E-state index in [1.54, 1.807) is 18.2 Å². The average molecular weight is 342 g/mol. The van der Waals surface area contributed by atoms with Gasteiger partial charge in [-0.1, -0.05) is 78.9 Å². The highest BCUT2D eigenvalue weighted by atomic mass is 19.1. The minimum Gasteiger partial charge on any atom is -0.207 e. The van der Waals surface area contributed by atoms with Crippen molar-refractivity contribution in [1.82, 2.24) is 0 Å². The molecule has 0 radical (unpaired) electrons. The van der Waals surface area contributed by atoms with E-state index in [1.165, 1.54) is 18.2 Å². The van der Waals surface area contributed by atoms with Crippen molar-refractivity contribution < 1.29 is 8.78 Å². The summed E-state index contributed by atoms with van der Waals surface area (Å²) in [5.74, 6) is -0.599. The number of benzene rings is 4. The summed E-state index contributed by atoms with van der Waals surface area (Å²) in [5, 5.41) is 0. The first-order valence-corrected chi connectivity index (χ1v) is 8.43. The first-order chi connectivity index (χ1) is 12.7. The molecule has 0 aliphatic carbocycles. The van der Waals surface area contributed by atoms with Crippen LogP contribution in [0.2, 0.25) is 0 Å². The number of hydrogen-bond acceptors (Lipinski definition) is 0. The fraction of sp³-hybridized carbons (Fsp3) is 0. The third kappa shape index (κ3) is 3.14. The minimum atomic E-state index is -0.307. The quantitative estimate of drug-likeness (QED) is 0.377. The van der Waals surface area contributed by atoms with Crippen molar-refractivity contribution in [3.05, 3.63) is 109 Å². The second kappa shape index (κ2) is 6.93. The molecule has 126 valence electrons. The van der Waals surface area contributed by atoms with Gasteiger partial charge in [0.2, 0.25) is 0 Å². The first kappa shape index (κ1) is 16.2. The largest absolute Gasteiger partial charge is 0.207 e. The van der Waals surface area contributed by atoms with Crippen LogP contribution >= 0.6 is 0 Å². The van der Waals surface area contributed by atoms with Crippen molar-refractivity contribution in [2.24, 2.45) is 0 Å². The fourth-order valence-corrected chi connectivity index (χ4v) is 3.15. The van der Waals surface area contributed by atoms with Crippen molar-refractivity contribution in [2.75, 3.05) is 0 Å². The highest BCUT2D eigenvalue weighted by molar-refractivity contribution is 5.84. The van der Waals surface area contributed by atoms with E-state index in [0.717, 1.165) is 27.8 Å². The molecule has 0 heterocycles. The van der Waals surface area contributed by atoms with Crippen molar-refractivity contribution in [2.45, 2.75) is 0 Å². The molecule has 4 aromatic rings. The lowest BCUT2D eigenvalue weighted by molar-refractivity contribution is 0.628. The molecular formula is C24H16F2. The van der Waals surface area contributed by atoms with E-state index in [-0.39, 0.29) is 11.6 Å². The molecule has 0 nitrogen and oxygen atoms in total. The molecule has 0 spiro atoms. The van der Waals surface area contributed by atoms with Gasteiger partial charge in [0.25, 0.3) is 0 Å². The molecule has 0 fully saturated rings. The van der Waals surface area contributed by atoms with Crippen LogP contribution in [0.3, 0.4) is 0 Å². The molecule has 0 aromatic heterocycles. The molecule has 0 N–H and O–H groups in total. The number of hydrogen-bond donors (Lipinski definition) is 0. The third-order valence-corrected chi connectivity index (χ3v) is 4.45. The van der Waals surface area contributed by atoms with E-state index >= 15 is 0 Å². The average Bonchev–Trinajstić information content (AvgIpc) is 2.69. The first-order valence-electron chi connectivity index (χ1n) is 8.43. The predicted octanol–water partition coefficient (Wildman–Crippen LogP) is 6.97. The maximum atomic E-state index is 14.7. The zero-order chi connectivity index (χ0) is 17.9. The van der Waals surface area contributed by atoms with E-state index in [4.69, 9.17) is 0 Å². The Hall–Kier alpha value is -3.26. The molecule has 0 unspecified atom stereocenters. The zero-order valence-electron chi connectivity index (χ0n) is 14.0. The molecule has 0 saturated carbocycles. The monoisotopic (exact) mass is 342 g/mol. The Labute approximate surface area is 151 Å². The van der Waals surface area contributed by atoms with Crippen LogP contribution in [0.25, 0.3) is 33.4 Å². The SMILES string of the molecule is Fc1ccc(-c2cccc(F)c2-c2ccc(-c3ccccc3)cc2)cc1. The van der Waals surface area contributed by atoms with Crippen LogP contribution in [0.15, 0.2) is 97.1 Å². The van der Waals surface area contributed by atoms with E-state index in [9.17, 15) is 8.78 Å². The van der Waals surface area contributed by atoms with Crippen molar-refractivity contribution in [3.8, 4) is 33.4 Å². The van der Waals surface area contributed by atoms with Gasteiger partial charge in [0.1, 0.15) is 11.6 Å². The smallest absolute Gasteiger partial charge is 0.131 e. The topological polar surface area (TPSA) is 0 Å². The predicted molar refractivity (Wildman–Crippen MR) is 103 cm³/mol. The van der Waals surface area contributed by atoms with E-state index in [1.807, 2.05) is 60.7 Å². The summed E-state index contributed by atoms with van der Waals surface area (Å²) in [5.41, 5.74) is 5.05. The standard InChI is InChI=1S/C24H16F2/c25-21-15-13-19(14-16-21)22-7-4-8-23(26)24(22)20-11-9-18(10-12-20)17-5-2-1-3-6-17/h1-16H. The summed E-state index contributed by atoms with van der Waals surface area (Å²) in [6.45, 7) is 0. The summed E-state index contributed by atoms with van der Waals surface area (Å²) < 4.78 is 27.9. The van der Waals surface area contributed by atoms with Crippen LogP contribution in [0.4, 0.5) is 8.78 Å². The Balaban J connectivity index is 1.79. The van der Waals surface area contributed by atoms with Gasteiger partial charge < -0.3 is 0 Å². The molecule has 4 aromatic carbocycles. The second-order valence-corrected chi connectivity index (χ2v) is 6.11. The third-order valence-electron chi connectivity index (χ3n) is 4.45. The van der Waals surface area contributed by atoms with Gasteiger partial charge in [0.05, 0.1) is 0 Å². The van der Waals surface area contributed by atoms with Crippen LogP contribution in [0.1, 0.15) is 0 Å². The number of halogens is 2. The summed E-state index contributed by atoms with van der Waals surface area (Å²) in [7, 11) is 0. The van der Waals surface area contributed by atoms with Gasteiger partial charge in [-0.3, -0.25) is 0 Å². The summed E-state index contributed by atoms with van der Waals surface area (Å²) in [4.78, 5) is 0. The Morgan fingerprint density at radius 1 is 0.423 bits per heavy atom. The molecule has 0 bridgehead atoms. The molecule has 0 atom stereocenters. The minimum absolute atomic E-state index is 0.292. The summed E-state index contributed by atoms with van der Waals surface area (Å²) in [6, 6.07) is 29.0. The lowest BCUT2D eigenvalue weighted by Gasteiger charge is -2.12. The van der Waals surface area contributed by atoms with E-state index in [2.05, 4.69) is 0 Å². The zero-order valence-corrected chi connectivity index (χ0v) is 14.0. The van der Waals surface area contributed by atoms with Gasteiger partial charge in [-0.2, -0.15) is 0 Å². The molecule has 0 aliphatic rings. The highest BCUT2D eigenvalue weighted by Crippen LogP contribution is 2.35. The van der Waals surface area contributed by atoms with Crippen LogP contribution in [-0.4, -0.2) is 0 Å². The lowest BCUT2D eigenvalue weighted by Crippen LogP contribution is -1.90. The lowest BCUT2D eigenvalue weighted by atomic mass is 9.93. The number of rotatable bonds is 3. The summed E-state index contributed by atoms with van der Waals surface area (Å²) in [6.07, 6.45) is 0. The maximum absolute atomic E-state index is 14.7. The molecule has 4 rings (SSSR count). The highest BCUT2D eigenvalue weighted by Gasteiger charge is 2.13. The van der Waals surface area contributed by atoms with E-state index < -0.39 is 0 Å². The molecule has 0 aliphatic heterocycles. The van der Waals surface area contributed by atoms with Gasteiger partial charge in [0, 0.05) is 5.56 Å². The normalized spacial score (nSPS) is 10.7. The van der Waals surface area contributed by atoms with Gasteiger partial charge in [-0.25, -0.2) is 8.78 Å². The van der Waals surface area contributed by atoms with Gasteiger partial charge in [-0.05, 0) is 46.0 Å². The van der Waals surface area contributed by atoms with Gasteiger partial charge in [0.15, 0.2) is 0 Å². The summed E-state index contributed by atoms with van der Waals surface area (Å²) >= 11 is 0. The van der Waals surface area contributed by atoms with Crippen LogP contribution < -0.4 is 0 Å². The molecule has 2 heteroatoms. The van der Waals surface area contributed by atoms with Crippen molar-refractivity contribution >= 4 is 0 Å². The van der Waals surface area contributed by atoms with Crippen LogP contribution in [-0.2, 0) is 0 Å². The van der Waals surface area contributed by atoms with Crippen molar-refractivity contribution in [3.63, 3.8) is 0 Å². The maximum Gasteiger partial charge on any atom is 0.131 e. The Bertz CT molecular complexity index is 1020. The van der Waals surface area contributed by atoms with Crippen LogP contribution in [0, 0.1) is 11.6 Å². The Morgan fingerprint density at radius 3 is 1.69 bits per heavy atom. The molecule has 26 heavy (non-hydrogen) atoms. The molecule has 0 amide bonds.